The van der Waals surface area contributed by atoms with E-state index in [-0.39, 0.29) is 11.3 Å². The SMILES string of the molecule is COc1ccc(C2=NN(C3=NC(=O)S/C3=C\c3ccccc3C)C(c3ccc(Cl)cc3)C2)cc1. The lowest BCUT2D eigenvalue weighted by molar-refractivity contribution is 0.267. The average Bonchev–Trinajstić information content (AvgIpc) is 3.44. The van der Waals surface area contributed by atoms with Gasteiger partial charge in [-0.1, -0.05) is 48.0 Å². The van der Waals surface area contributed by atoms with E-state index in [1.807, 2.05) is 77.8 Å². The molecule has 1 unspecified atom stereocenters. The fourth-order valence-corrected chi connectivity index (χ4v) is 4.92. The number of hydrazone groups is 1. The van der Waals surface area contributed by atoms with Crippen LogP contribution in [0.2, 0.25) is 5.02 Å². The zero-order valence-electron chi connectivity index (χ0n) is 18.7. The third-order valence-electron chi connectivity index (χ3n) is 5.90. The second-order valence-electron chi connectivity index (χ2n) is 8.06. The highest BCUT2D eigenvalue weighted by atomic mass is 35.5. The van der Waals surface area contributed by atoms with Crippen molar-refractivity contribution in [3.8, 4) is 5.75 Å². The van der Waals surface area contributed by atoms with Gasteiger partial charge in [0.2, 0.25) is 0 Å². The lowest BCUT2D eigenvalue weighted by atomic mass is 9.98. The Hall–Kier alpha value is -3.35. The number of hydrogen-bond acceptors (Lipinski definition) is 5. The third kappa shape index (κ3) is 4.52. The Labute approximate surface area is 207 Å². The van der Waals surface area contributed by atoms with Crippen LogP contribution in [0.25, 0.3) is 6.08 Å². The zero-order chi connectivity index (χ0) is 23.7. The fourth-order valence-electron chi connectivity index (χ4n) is 4.06. The minimum atomic E-state index is -0.238. The van der Waals surface area contributed by atoms with Gasteiger partial charge in [0.05, 0.1) is 23.8 Å². The fraction of sp³-hybridized carbons (Fsp3) is 0.148. The second kappa shape index (κ2) is 9.49. The van der Waals surface area contributed by atoms with Gasteiger partial charge in [0, 0.05) is 11.4 Å². The number of carbonyl (C=O) groups is 1. The molecule has 2 aliphatic rings. The number of aliphatic imine (C=N–C) groups is 1. The smallest absolute Gasteiger partial charge is 0.311 e. The molecule has 1 amide bonds. The van der Waals surface area contributed by atoms with E-state index in [2.05, 4.69) is 18.0 Å². The Kier molecular flexibility index (Phi) is 6.26. The molecule has 3 aromatic carbocycles. The van der Waals surface area contributed by atoms with Crippen molar-refractivity contribution in [3.05, 3.63) is 105 Å². The molecule has 2 aliphatic heterocycles. The number of amidine groups is 1. The number of methoxy groups -OCH3 is 1. The number of thioether (sulfide) groups is 1. The predicted molar refractivity (Wildman–Crippen MR) is 140 cm³/mol. The molecule has 5 rings (SSSR count). The molecule has 3 aromatic rings. The summed E-state index contributed by atoms with van der Waals surface area (Å²) < 4.78 is 5.30. The van der Waals surface area contributed by atoms with Crippen LogP contribution >= 0.6 is 23.4 Å². The van der Waals surface area contributed by atoms with E-state index >= 15 is 0 Å². The van der Waals surface area contributed by atoms with Gasteiger partial charge in [0.25, 0.3) is 0 Å². The topological polar surface area (TPSA) is 54.3 Å². The Balaban J connectivity index is 1.57. The Bertz CT molecular complexity index is 1330. The van der Waals surface area contributed by atoms with Crippen LogP contribution in [0.4, 0.5) is 4.79 Å². The summed E-state index contributed by atoms with van der Waals surface area (Å²) in [7, 11) is 1.65. The number of carbonyl (C=O) groups excluding carboxylic acids is 1. The number of benzene rings is 3. The summed E-state index contributed by atoms with van der Waals surface area (Å²) in [6.07, 6.45) is 2.69. The van der Waals surface area contributed by atoms with Gasteiger partial charge in [0.1, 0.15) is 5.75 Å². The summed E-state index contributed by atoms with van der Waals surface area (Å²) in [4.78, 5) is 17.6. The molecule has 0 spiro atoms. The van der Waals surface area contributed by atoms with Crippen molar-refractivity contribution in [1.29, 1.82) is 0 Å². The molecule has 0 fully saturated rings. The standard InChI is InChI=1S/C27H22ClN3O2S/c1-17-5-3-4-6-20(17)15-25-26(29-27(32)34-25)31-24(19-7-11-21(28)12-8-19)16-23(30-31)18-9-13-22(33-2)14-10-18/h3-15,24H,16H2,1-2H3/b25-15-. The first kappa shape index (κ1) is 22.4. The minimum absolute atomic E-state index is 0.111. The first-order chi connectivity index (χ1) is 16.5. The molecule has 0 bridgehead atoms. The summed E-state index contributed by atoms with van der Waals surface area (Å²) in [5.74, 6) is 1.36. The predicted octanol–water partition coefficient (Wildman–Crippen LogP) is 7.11. The van der Waals surface area contributed by atoms with E-state index in [1.54, 1.807) is 7.11 Å². The number of hydrogen-bond donors (Lipinski definition) is 0. The first-order valence-corrected chi connectivity index (χ1v) is 12.1. The van der Waals surface area contributed by atoms with Gasteiger partial charge in [-0.15, -0.1) is 0 Å². The quantitative estimate of drug-likeness (QED) is 0.393. The number of ether oxygens (including phenoxy) is 1. The maximum Gasteiger partial charge on any atom is 0.311 e. The molecule has 2 heterocycles. The van der Waals surface area contributed by atoms with Crippen LogP contribution in [-0.2, 0) is 0 Å². The van der Waals surface area contributed by atoms with Crippen molar-refractivity contribution >= 4 is 46.2 Å². The van der Waals surface area contributed by atoms with Crippen LogP contribution < -0.4 is 4.74 Å². The van der Waals surface area contributed by atoms with Crippen molar-refractivity contribution < 1.29 is 9.53 Å². The Morgan fingerprint density at radius 2 is 1.79 bits per heavy atom. The van der Waals surface area contributed by atoms with Crippen LogP contribution in [0.15, 0.2) is 87.8 Å². The monoisotopic (exact) mass is 487 g/mol. The number of rotatable bonds is 4. The molecule has 34 heavy (non-hydrogen) atoms. The molecule has 1 atom stereocenters. The Morgan fingerprint density at radius 3 is 2.50 bits per heavy atom. The summed E-state index contributed by atoms with van der Waals surface area (Å²) >= 11 is 7.28. The molecule has 0 aromatic heterocycles. The highest BCUT2D eigenvalue weighted by molar-refractivity contribution is 8.18. The van der Waals surface area contributed by atoms with E-state index < -0.39 is 0 Å². The van der Waals surface area contributed by atoms with Gasteiger partial charge in [-0.05, 0) is 83.4 Å². The van der Waals surface area contributed by atoms with Crippen molar-refractivity contribution in [3.63, 3.8) is 0 Å². The normalized spacial score (nSPS) is 18.9. The van der Waals surface area contributed by atoms with E-state index in [0.717, 1.165) is 50.4 Å². The molecule has 170 valence electrons. The number of halogens is 1. The van der Waals surface area contributed by atoms with Crippen LogP contribution in [0.3, 0.4) is 0 Å². The van der Waals surface area contributed by atoms with E-state index in [9.17, 15) is 4.79 Å². The van der Waals surface area contributed by atoms with Gasteiger partial charge in [-0.2, -0.15) is 10.1 Å². The van der Waals surface area contributed by atoms with Gasteiger partial charge >= 0.3 is 5.24 Å². The van der Waals surface area contributed by atoms with Crippen LogP contribution in [0, 0.1) is 6.92 Å². The maximum absolute atomic E-state index is 12.4. The molecule has 0 saturated heterocycles. The molecule has 0 saturated carbocycles. The Morgan fingerprint density at radius 1 is 1.06 bits per heavy atom. The van der Waals surface area contributed by atoms with Crippen molar-refractivity contribution in [2.45, 2.75) is 19.4 Å². The first-order valence-electron chi connectivity index (χ1n) is 10.9. The van der Waals surface area contributed by atoms with Crippen molar-refractivity contribution in [1.82, 2.24) is 5.01 Å². The van der Waals surface area contributed by atoms with Crippen molar-refractivity contribution in [2.75, 3.05) is 7.11 Å². The number of aryl methyl sites for hydroxylation is 1. The van der Waals surface area contributed by atoms with Gasteiger partial charge in [-0.25, -0.2) is 5.01 Å². The highest BCUT2D eigenvalue weighted by Crippen LogP contribution is 2.40. The van der Waals surface area contributed by atoms with E-state index in [0.29, 0.717) is 17.3 Å². The minimum Gasteiger partial charge on any atom is -0.497 e. The lowest BCUT2D eigenvalue weighted by Gasteiger charge is -2.24. The zero-order valence-corrected chi connectivity index (χ0v) is 20.3. The lowest BCUT2D eigenvalue weighted by Crippen LogP contribution is -2.26. The number of amides is 1. The van der Waals surface area contributed by atoms with E-state index in [4.69, 9.17) is 21.4 Å². The molecule has 7 heteroatoms. The molecule has 0 N–H and O–H groups in total. The van der Waals surface area contributed by atoms with Gasteiger partial charge < -0.3 is 4.74 Å². The maximum atomic E-state index is 12.4. The summed E-state index contributed by atoms with van der Waals surface area (Å²) in [6, 6.07) is 23.6. The van der Waals surface area contributed by atoms with Crippen molar-refractivity contribution in [2.24, 2.45) is 10.1 Å². The van der Waals surface area contributed by atoms with Crippen LogP contribution in [0.1, 0.15) is 34.7 Å². The summed E-state index contributed by atoms with van der Waals surface area (Å²) in [5, 5.41) is 7.28. The number of nitrogens with zero attached hydrogens (tertiary/aromatic N) is 3. The third-order valence-corrected chi connectivity index (χ3v) is 6.93. The molecule has 0 radical (unpaired) electrons. The average molecular weight is 488 g/mol. The molecular formula is C27H22ClN3O2S. The van der Waals surface area contributed by atoms with Gasteiger partial charge in [0.15, 0.2) is 5.84 Å². The summed E-state index contributed by atoms with van der Waals surface area (Å²) in [5.41, 5.74) is 5.16. The van der Waals surface area contributed by atoms with Gasteiger partial charge in [-0.3, -0.25) is 4.79 Å². The van der Waals surface area contributed by atoms with Crippen LogP contribution in [0.5, 0.6) is 5.75 Å². The molecule has 5 nitrogen and oxygen atoms in total. The summed E-state index contributed by atoms with van der Waals surface area (Å²) in [6.45, 7) is 2.05. The largest absolute Gasteiger partial charge is 0.497 e. The second-order valence-corrected chi connectivity index (χ2v) is 9.49. The van der Waals surface area contributed by atoms with Crippen LogP contribution in [-0.4, -0.2) is 28.9 Å². The molecule has 0 aliphatic carbocycles. The molecular weight excluding hydrogens is 466 g/mol. The van der Waals surface area contributed by atoms with E-state index in [1.165, 1.54) is 0 Å². The highest BCUT2D eigenvalue weighted by Gasteiger charge is 2.36.